The quantitative estimate of drug-likeness (QED) is 0.800. The van der Waals surface area contributed by atoms with Crippen molar-refractivity contribution in [1.29, 1.82) is 0 Å². The van der Waals surface area contributed by atoms with E-state index in [1.807, 2.05) is 20.0 Å². The minimum Gasteiger partial charge on any atom is -0.493 e. The largest absolute Gasteiger partial charge is 0.493 e. The van der Waals surface area contributed by atoms with E-state index >= 15 is 0 Å². The van der Waals surface area contributed by atoms with E-state index in [0.717, 1.165) is 18.6 Å². The lowest BCUT2D eigenvalue weighted by atomic mass is 10.1. The van der Waals surface area contributed by atoms with Crippen LogP contribution in [0.4, 0.5) is 0 Å². The normalized spacial score (nSPS) is 15.6. The van der Waals surface area contributed by atoms with Crippen LogP contribution in [0.3, 0.4) is 0 Å². The minimum absolute atomic E-state index is 0. The lowest BCUT2D eigenvalue weighted by Gasteiger charge is -2.17. The topological polar surface area (TPSA) is 59.6 Å². The van der Waals surface area contributed by atoms with Crippen molar-refractivity contribution in [2.24, 2.45) is 0 Å². The van der Waals surface area contributed by atoms with Gasteiger partial charge in [-0.25, -0.2) is 0 Å². The summed E-state index contributed by atoms with van der Waals surface area (Å²) >= 11 is 0. The van der Waals surface area contributed by atoms with Crippen molar-refractivity contribution < 1.29 is 14.3 Å². The van der Waals surface area contributed by atoms with Gasteiger partial charge in [0, 0.05) is 18.2 Å². The molecule has 23 heavy (non-hydrogen) atoms. The number of benzene rings is 1. The molecule has 0 aliphatic heterocycles. The molecule has 1 aliphatic carbocycles. The Balaban J connectivity index is 0.00000264. The lowest BCUT2D eigenvalue weighted by molar-refractivity contribution is 0.0950. The van der Waals surface area contributed by atoms with Gasteiger partial charge >= 0.3 is 0 Å². The van der Waals surface area contributed by atoms with Crippen molar-refractivity contribution in [2.75, 3.05) is 20.7 Å². The van der Waals surface area contributed by atoms with Crippen molar-refractivity contribution >= 4 is 18.3 Å². The van der Waals surface area contributed by atoms with Crippen LogP contribution >= 0.6 is 12.4 Å². The summed E-state index contributed by atoms with van der Waals surface area (Å²) in [6, 6.07) is 5.58. The first-order valence-electron chi connectivity index (χ1n) is 7.94. The smallest absolute Gasteiger partial charge is 0.251 e. The standard InChI is InChI=1S/C17H26N2O3.ClH/c1-12(18-2)11-19-17(20)13-8-9-15(16(10-13)21-3)22-14-6-4-5-7-14;/h8-10,12,14,18H,4-7,11H2,1-3H3,(H,19,20);1H. The van der Waals surface area contributed by atoms with E-state index in [9.17, 15) is 4.79 Å². The van der Waals surface area contributed by atoms with E-state index in [1.165, 1.54) is 12.8 Å². The van der Waals surface area contributed by atoms with Gasteiger partial charge in [0.1, 0.15) is 0 Å². The number of rotatable bonds is 7. The number of carbonyl (C=O) groups is 1. The second-order valence-electron chi connectivity index (χ2n) is 5.79. The lowest BCUT2D eigenvalue weighted by Crippen LogP contribution is -2.37. The molecule has 0 aromatic heterocycles. The molecule has 5 nitrogen and oxygen atoms in total. The highest BCUT2D eigenvalue weighted by molar-refractivity contribution is 5.94. The molecular weight excluding hydrogens is 316 g/mol. The molecule has 1 aromatic carbocycles. The molecule has 1 fully saturated rings. The van der Waals surface area contributed by atoms with Gasteiger partial charge in [-0.2, -0.15) is 0 Å². The van der Waals surface area contributed by atoms with Gasteiger partial charge in [-0.05, 0) is 57.9 Å². The van der Waals surface area contributed by atoms with Crippen LogP contribution in [0, 0.1) is 0 Å². The van der Waals surface area contributed by atoms with E-state index in [-0.39, 0.29) is 30.5 Å². The molecule has 0 saturated heterocycles. The molecule has 2 N–H and O–H groups in total. The molecule has 0 spiro atoms. The van der Waals surface area contributed by atoms with Gasteiger partial charge in [0.05, 0.1) is 13.2 Å². The fraction of sp³-hybridized carbons (Fsp3) is 0.588. The average molecular weight is 343 g/mol. The second kappa shape index (κ2) is 9.63. The monoisotopic (exact) mass is 342 g/mol. The van der Waals surface area contributed by atoms with E-state index < -0.39 is 0 Å². The summed E-state index contributed by atoms with van der Waals surface area (Å²) in [5, 5.41) is 5.98. The Labute approximate surface area is 144 Å². The van der Waals surface area contributed by atoms with Crippen LogP contribution in [-0.4, -0.2) is 38.8 Å². The number of likely N-dealkylation sites (N-methyl/N-ethyl adjacent to an activating group) is 1. The SMILES string of the molecule is CNC(C)CNC(=O)c1ccc(OC2CCCC2)c(OC)c1.Cl. The first-order valence-corrected chi connectivity index (χ1v) is 7.94. The van der Waals surface area contributed by atoms with E-state index in [0.29, 0.717) is 17.9 Å². The van der Waals surface area contributed by atoms with Crippen LogP contribution in [-0.2, 0) is 0 Å². The molecule has 2 rings (SSSR count). The highest BCUT2D eigenvalue weighted by Gasteiger charge is 2.19. The summed E-state index contributed by atoms with van der Waals surface area (Å²) in [5.41, 5.74) is 0.582. The Morgan fingerprint density at radius 3 is 2.61 bits per heavy atom. The number of hydrogen-bond acceptors (Lipinski definition) is 4. The molecule has 130 valence electrons. The van der Waals surface area contributed by atoms with E-state index in [2.05, 4.69) is 10.6 Å². The predicted molar refractivity (Wildman–Crippen MR) is 94.0 cm³/mol. The Morgan fingerprint density at radius 1 is 1.30 bits per heavy atom. The van der Waals surface area contributed by atoms with Crippen LogP contribution in [0.1, 0.15) is 43.0 Å². The maximum Gasteiger partial charge on any atom is 0.251 e. The third kappa shape index (κ3) is 5.59. The molecule has 1 atom stereocenters. The zero-order valence-corrected chi connectivity index (χ0v) is 14.9. The Kier molecular flexibility index (Phi) is 8.20. The van der Waals surface area contributed by atoms with Crippen LogP contribution < -0.4 is 20.1 Å². The summed E-state index contributed by atoms with van der Waals surface area (Å²) in [4.78, 5) is 12.2. The van der Waals surface area contributed by atoms with Crippen LogP contribution in [0.25, 0.3) is 0 Å². The number of carbonyl (C=O) groups excluding carboxylic acids is 1. The summed E-state index contributed by atoms with van der Waals surface area (Å²) < 4.78 is 11.4. The van der Waals surface area contributed by atoms with Crippen LogP contribution in [0.5, 0.6) is 11.5 Å². The molecule has 0 heterocycles. The fourth-order valence-corrected chi connectivity index (χ4v) is 2.54. The van der Waals surface area contributed by atoms with Crippen LogP contribution in [0.15, 0.2) is 18.2 Å². The summed E-state index contributed by atoms with van der Waals surface area (Å²) in [7, 11) is 3.47. The predicted octanol–water partition coefficient (Wildman–Crippen LogP) is 2.78. The van der Waals surface area contributed by atoms with Crippen molar-refractivity contribution in [3.8, 4) is 11.5 Å². The molecule has 1 unspecified atom stereocenters. The molecule has 1 aliphatic rings. The zero-order chi connectivity index (χ0) is 15.9. The summed E-state index contributed by atoms with van der Waals surface area (Å²) in [6.45, 7) is 2.59. The van der Waals surface area contributed by atoms with Crippen molar-refractivity contribution in [1.82, 2.24) is 10.6 Å². The fourth-order valence-electron chi connectivity index (χ4n) is 2.54. The Hall–Kier alpha value is -1.46. The Bertz CT molecular complexity index is 505. The van der Waals surface area contributed by atoms with Crippen molar-refractivity contribution in [2.45, 2.75) is 44.8 Å². The Morgan fingerprint density at radius 2 is 2.00 bits per heavy atom. The molecule has 0 bridgehead atoms. The summed E-state index contributed by atoms with van der Waals surface area (Å²) in [5.74, 6) is 1.23. The van der Waals surface area contributed by atoms with Crippen molar-refractivity contribution in [3.05, 3.63) is 23.8 Å². The molecule has 0 radical (unpaired) electrons. The third-order valence-corrected chi connectivity index (χ3v) is 4.08. The maximum absolute atomic E-state index is 12.2. The maximum atomic E-state index is 12.2. The number of hydrogen-bond donors (Lipinski definition) is 2. The number of halogens is 1. The van der Waals surface area contributed by atoms with Gasteiger partial charge in [0.2, 0.25) is 0 Å². The first-order chi connectivity index (χ1) is 10.6. The number of methoxy groups -OCH3 is 1. The molecule has 1 aromatic rings. The third-order valence-electron chi connectivity index (χ3n) is 4.08. The van der Waals surface area contributed by atoms with Gasteiger partial charge in [-0.1, -0.05) is 0 Å². The van der Waals surface area contributed by atoms with Crippen molar-refractivity contribution in [3.63, 3.8) is 0 Å². The van der Waals surface area contributed by atoms with Gasteiger partial charge in [-0.3, -0.25) is 4.79 Å². The van der Waals surface area contributed by atoms with E-state index in [1.54, 1.807) is 19.2 Å². The highest BCUT2D eigenvalue weighted by atomic mass is 35.5. The van der Waals surface area contributed by atoms with Gasteiger partial charge < -0.3 is 20.1 Å². The molecule has 6 heteroatoms. The first kappa shape index (κ1) is 19.6. The zero-order valence-electron chi connectivity index (χ0n) is 14.1. The second-order valence-corrected chi connectivity index (χ2v) is 5.79. The minimum atomic E-state index is -0.104. The number of nitrogens with one attached hydrogen (secondary N) is 2. The average Bonchev–Trinajstić information content (AvgIpc) is 3.05. The number of ether oxygens (including phenoxy) is 2. The van der Waals surface area contributed by atoms with E-state index in [4.69, 9.17) is 9.47 Å². The van der Waals surface area contributed by atoms with Gasteiger partial charge in [0.25, 0.3) is 5.91 Å². The molecule has 1 saturated carbocycles. The molecule has 1 amide bonds. The summed E-state index contributed by atoms with van der Waals surface area (Å²) in [6.07, 6.45) is 4.89. The van der Waals surface area contributed by atoms with Gasteiger partial charge in [0.15, 0.2) is 11.5 Å². The van der Waals surface area contributed by atoms with Crippen LogP contribution in [0.2, 0.25) is 0 Å². The van der Waals surface area contributed by atoms with Gasteiger partial charge in [-0.15, -0.1) is 12.4 Å². The number of amides is 1. The molecular formula is C17H27ClN2O3. The highest BCUT2D eigenvalue weighted by Crippen LogP contribution is 2.32.